The van der Waals surface area contributed by atoms with Gasteiger partial charge in [-0.2, -0.15) is 10.5 Å². The van der Waals surface area contributed by atoms with E-state index in [2.05, 4.69) is 14.8 Å². The lowest BCUT2D eigenvalue weighted by molar-refractivity contribution is -0.148. The number of nitrogens with zero attached hydrogens (tertiary/aromatic N) is 2. The summed E-state index contributed by atoms with van der Waals surface area (Å²) in [5.41, 5.74) is 2.96. The van der Waals surface area contributed by atoms with E-state index in [0.717, 1.165) is 5.56 Å². The van der Waals surface area contributed by atoms with Crippen LogP contribution in [-0.4, -0.2) is 21.8 Å². The molecule has 0 saturated heterocycles. The summed E-state index contributed by atoms with van der Waals surface area (Å²) in [7, 11) is 0. The fourth-order valence-corrected chi connectivity index (χ4v) is 1.48. The normalized spacial score (nSPS) is 9.86. The van der Waals surface area contributed by atoms with Gasteiger partial charge < -0.3 is 9.57 Å². The molecular weight excluding hydrogens is 286 g/mol. The minimum absolute atomic E-state index is 0.144. The van der Waals surface area contributed by atoms with Gasteiger partial charge in [0.1, 0.15) is 6.61 Å². The van der Waals surface area contributed by atoms with Crippen molar-refractivity contribution in [2.45, 2.75) is 20.0 Å². The maximum absolute atomic E-state index is 11.7. The van der Waals surface area contributed by atoms with E-state index in [0.29, 0.717) is 6.61 Å². The van der Waals surface area contributed by atoms with Gasteiger partial charge in [0.15, 0.2) is 0 Å². The van der Waals surface area contributed by atoms with Crippen molar-refractivity contribution in [3.05, 3.63) is 54.0 Å². The van der Waals surface area contributed by atoms with Crippen LogP contribution in [0.5, 0.6) is 5.88 Å². The Kier molecular flexibility index (Phi) is 5.42. The summed E-state index contributed by atoms with van der Waals surface area (Å²) in [6.45, 7) is 1.94. The molecule has 0 aliphatic carbocycles. The molecule has 0 aliphatic heterocycles. The van der Waals surface area contributed by atoms with Crippen LogP contribution in [-0.2, 0) is 16.2 Å². The molecule has 0 spiro atoms. The van der Waals surface area contributed by atoms with Gasteiger partial charge in [0.05, 0.1) is 0 Å². The Balaban J connectivity index is 1.94. The topological polar surface area (TPSA) is 90.4 Å². The van der Waals surface area contributed by atoms with E-state index in [1.807, 2.05) is 35.8 Å². The zero-order chi connectivity index (χ0) is 15.8. The number of carbonyl (C=O) groups excluding carboxylic acids is 2. The summed E-state index contributed by atoms with van der Waals surface area (Å²) in [5, 5.41) is 0. The van der Waals surface area contributed by atoms with E-state index in [9.17, 15) is 9.59 Å². The maximum atomic E-state index is 11.7. The number of benzene rings is 1. The van der Waals surface area contributed by atoms with Gasteiger partial charge in [-0.3, -0.25) is 4.79 Å². The summed E-state index contributed by atoms with van der Waals surface area (Å²) in [5.74, 6) is -1.16. The summed E-state index contributed by atoms with van der Waals surface area (Å²) in [4.78, 5) is 35.0. The maximum Gasteiger partial charge on any atom is 0.331 e. The van der Waals surface area contributed by atoms with Crippen molar-refractivity contribution >= 4 is 11.9 Å². The van der Waals surface area contributed by atoms with Crippen LogP contribution >= 0.6 is 0 Å². The van der Waals surface area contributed by atoms with E-state index >= 15 is 0 Å². The van der Waals surface area contributed by atoms with Gasteiger partial charge in [-0.25, -0.2) is 9.78 Å². The molecule has 1 heterocycles. The van der Waals surface area contributed by atoms with Gasteiger partial charge in [0.2, 0.25) is 11.7 Å². The average molecular weight is 301 g/mol. The lowest BCUT2D eigenvalue weighted by atomic mass is 10.2. The second-order valence-electron chi connectivity index (χ2n) is 4.25. The number of hydrogen-bond acceptors (Lipinski definition) is 6. The molecule has 2 aromatic rings. The van der Waals surface area contributed by atoms with Crippen LogP contribution in [0.1, 0.15) is 29.5 Å². The third-order valence-corrected chi connectivity index (χ3v) is 2.61. The highest BCUT2D eigenvalue weighted by atomic mass is 16.7. The van der Waals surface area contributed by atoms with Crippen molar-refractivity contribution in [2.24, 2.45) is 0 Å². The second kappa shape index (κ2) is 7.72. The highest BCUT2D eigenvalue weighted by molar-refractivity contribution is 5.90. The van der Waals surface area contributed by atoms with Gasteiger partial charge in [-0.05, 0) is 5.56 Å². The first-order valence-electron chi connectivity index (χ1n) is 6.69. The van der Waals surface area contributed by atoms with Crippen molar-refractivity contribution < 1.29 is 19.2 Å². The lowest BCUT2D eigenvalue weighted by Gasteiger charge is -2.07. The lowest BCUT2D eigenvalue weighted by Crippen LogP contribution is -2.28. The highest BCUT2D eigenvalue weighted by Gasteiger charge is 2.12. The SMILES string of the molecule is CCC(=O)ONC(=O)c1nccc(OCc2ccccc2)n1. The molecule has 1 aromatic carbocycles. The Bertz CT molecular complexity index is 646. The van der Waals surface area contributed by atoms with Crippen LogP contribution in [0, 0.1) is 0 Å². The monoisotopic (exact) mass is 301 g/mol. The molecule has 0 atom stereocenters. The van der Waals surface area contributed by atoms with Gasteiger partial charge in [0.25, 0.3) is 0 Å². The average Bonchev–Trinajstić information content (AvgIpc) is 2.58. The summed E-state index contributed by atoms with van der Waals surface area (Å²) in [6.07, 6.45) is 1.55. The molecule has 0 unspecified atom stereocenters. The van der Waals surface area contributed by atoms with Gasteiger partial charge >= 0.3 is 11.9 Å². The Labute approximate surface area is 127 Å². The standard InChI is InChI=1S/C15H15N3O4/c1-2-13(19)22-18-15(20)14-16-9-8-12(17-14)21-10-11-6-4-3-5-7-11/h3-9H,2,10H2,1H3,(H,18,20). The first kappa shape index (κ1) is 15.4. The fraction of sp³-hybridized carbons (Fsp3) is 0.200. The Morgan fingerprint density at radius 2 is 1.95 bits per heavy atom. The predicted molar refractivity (Wildman–Crippen MR) is 76.7 cm³/mol. The number of carbonyl (C=O) groups is 2. The predicted octanol–water partition coefficient (Wildman–Crippen LogP) is 1.65. The van der Waals surface area contributed by atoms with Crippen molar-refractivity contribution in [1.82, 2.24) is 15.4 Å². The van der Waals surface area contributed by atoms with Crippen molar-refractivity contribution in [1.29, 1.82) is 0 Å². The minimum Gasteiger partial charge on any atom is -0.473 e. The molecule has 0 fully saturated rings. The van der Waals surface area contributed by atoms with Crippen molar-refractivity contribution in [2.75, 3.05) is 0 Å². The zero-order valence-electron chi connectivity index (χ0n) is 12.0. The van der Waals surface area contributed by atoms with E-state index < -0.39 is 11.9 Å². The minimum atomic E-state index is -0.716. The van der Waals surface area contributed by atoms with E-state index in [1.165, 1.54) is 12.3 Å². The number of rotatable bonds is 5. The number of hydroxylamine groups is 1. The molecule has 0 aliphatic rings. The molecule has 1 aromatic heterocycles. The molecular formula is C15H15N3O4. The molecule has 0 radical (unpaired) electrons. The van der Waals surface area contributed by atoms with Gasteiger partial charge in [0, 0.05) is 18.7 Å². The number of amides is 1. The quantitative estimate of drug-likeness (QED) is 0.845. The molecule has 1 N–H and O–H groups in total. The zero-order valence-corrected chi connectivity index (χ0v) is 12.0. The Morgan fingerprint density at radius 1 is 1.18 bits per heavy atom. The molecule has 2 rings (SSSR count). The Hall–Kier alpha value is -2.96. The highest BCUT2D eigenvalue weighted by Crippen LogP contribution is 2.09. The largest absolute Gasteiger partial charge is 0.473 e. The molecule has 1 amide bonds. The number of aromatic nitrogens is 2. The second-order valence-corrected chi connectivity index (χ2v) is 4.25. The summed E-state index contributed by atoms with van der Waals surface area (Å²) >= 11 is 0. The van der Waals surface area contributed by atoms with Crippen molar-refractivity contribution in [3.8, 4) is 5.88 Å². The summed E-state index contributed by atoms with van der Waals surface area (Å²) in [6, 6.07) is 11.1. The molecule has 22 heavy (non-hydrogen) atoms. The molecule has 0 bridgehead atoms. The van der Waals surface area contributed by atoms with E-state index in [1.54, 1.807) is 6.92 Å². The van der Waals surface area contributed by atoms with E-state index in [-0.39, 0.29) is 18.1 Å². The van der Waals surface area contributed by atoms with Gasteiger partial charge in [-0.15, -0.1) is 0 Å². The third-order valence-electron chi connectivity index (χ3n) is 2.61. The van der Waals surface area contributed by atoms with Crippen LogP contribution in [0.2, 0.25) is 0 Å². The summed E-state index contributed by atoms with van der Waals surface area (Å²) < 4.78 is 5.49. The van der Waals surface area contributed by atoms with Crippen LogP contribution < -0.4 is 10.2 Å². The molecule has 0 saturated carbocycles. The first-order chi connectivity index (χ1) is 10.7. The van der Waals surface area contributed by atoms with Crippen LogP contribution in [0.25, 0.3) is 0 Å². The Morgan fingerprint density at radius 3 is 2.68 bits per heavy atom. The number of hydrogen-bond donors (Lipinski definition) is 1. The van der Waals surface area contributed by atoms with Crippen LogP contribution in [0.3, 0.4) is 0 Å². The molecule has 7 nitrogen and oxygen atoms in total. The number of nitrogens with one attached hydrogen (secondary N) is 1. The number of ether oxygens (including phenoxy) is 1. The third kappa shape index (κ3) is 4.55. The first-order valence-corrected chi connectivity index (χ1v) is 6.69. The molecule has 114 valence electrons. The fourth-order valence-electron chi connectivity index (χ4n) is 1.48. The van der Waals surface area contributed by atoms with Gasteiger partial charge in [-0.1, -0.05) is 37.3 Å². The smallest absolute Gasteiger partial charge is 0.331 e. The van der Waals surface area contributed by atoms with Crippen LogP contribution in [0.4, 0.5) is 0 Å². The van der Waals surface area contributed by atoms with Crippen molar-refractivity contribution in [3.63, 3.8) is 0 Å². The van der Waals surface area contributed by atoms with Crippen LogP contribution in [0.15, 0.2) is 42.6 Å². The molecule has 7 heteroatoms. The van der Waals surface area contributed by atoms with E-state index in [4.69, 9.17) is 4.74 Å².